The van der Waals surface area contributed by atoms with E-state index in [0.717, 1.165) is 22.8 Å². The smallest absolute Gasteiger partial charge is 0.127 e. The second kappa shape index (κ2) is 6.61. The summed E-state index contributed by atoms with van der Waals surface area (Å²) in [6.45, 7) is 3.98. The summed E-state index contributed by atoms with van der Waals surface area (Å²) in [6.07, 6.45) is 1.52. The first-order valence-electron chi connectivity index (χ1n) is 6.39. The number of rotatable bonds is 5. The lowest BCUT2D eigenvalue weighted by Crippen LogP contribution is -2.05. The van der Waals surface area contributed by atoms with Gasteiger partial charge in [-0.1, -0.05) is 5.16 Å². The highest BCUT2D eigenvalue weighted by Gasteiger charge is 2.00. The largest absolute Gasteiger partial charge is 0.491 e. The van der Waals surface area contributed by atoms with E-state index in [1.165, 1.54) is 6.21 Å². The Morgan fingerprint density at radius 2 is 1.40 bits per heavy atom. The summed E-state index contributed by atoms with van der Waals surface area (Å²) in [5.74, 6) is 2.28. The Balaban J connectivity index is 2.02. The van der Waals surface area contributed by atoms with Crippen LogP contribution >= 0.6 is 0 Å². The minimum atomic E-state index is 0.155. The number of nitrogens with zero attached hydrogens (tertiary/aromatic N) is 1. The first kappa shape index (κ1) is 13.9. The maximum absolute atomic E-state index is 8.44. The molecule has 2 aromatic carbocycles. The molecule has 0 saturated carbocycles. The van der Waals surface area contributed by atoms with Crippen molar-refractivity contribution in [3.8, 4) is 17.2 Å². The van der Waals surface area contributed by atoms with Gasteiger partial charge in [0.15, 0.2) is 0 Å². The summed E-state index contributed by atoms with van der Waals surface area (Å²) in [4.78, 5) is 0. The molecule has 0 aliphatic rings. The first-order chi connectivity index (χ1) is 9.67. The van der Waals surface area contributed by atoms with Gasteiger partial charge >= 0.3 is 0 Å². The van der Waals surface area contributed by atoms with Crippen molar-refractivity contribution in [1.82, 2.24) is 0 Å². The standard InChI is InChI=1S/C16H17NO3/c1-12(2)19-14-7-9-16(10-8-14)20-15-5-3-13(4-6-15)11-17-18/h3-12,18H,1-2H3. The first-order valence-corrected chi connectivity index (χ1v) is 6.39. The molecule has 104 valence electrons. The van der Waals surface area contributed by atoms with Gasteiger partial charge in [-0.3, -0.25) is 0 Å². The number of ether oxygens (including phenoxy) is 2. The lowest BCUT2D eigenvalue weighted by atomic mass is 10.2. The van der Waals surface area contributed by atoms with E-state index in [4.69, 9.17) is 14.7 Å². The van der Waals surface area contributed by atoms with Crippen molar-refractivity contribution in [2.24, 2.45) is 5.16 Å². The van der Waals surface area contributed by atoms with Crippen molar-refractivity contribution < 1.29 is 14.7 Å². The highest BCUT2D eigenvalue weighted by molar-refractivity contribution is 5.79. The molecule has 4 heteroatoms. The molecule has 0 amide bonds. The molecular formula is C16H17NO3. The third-order valence-corrected chi connectivity index (χ3v) is 2.52. The predicted octanol–water partition coefficient (Wildman–Crippen LogP) is 4.07. The van der Waals surface area contributed by atoms with Gasteiger partial charge in [-0.2, -0.15) is 0 Å². The van der Waals surface area contributed by atoms with Gasteiger partial charge < -0.3 is 14.7 Å². The van der Waals surface area contributed by atoms with Crippen molar-refractivity contribution in [2.45, 2.75) is 20.0 Å². The quantitative estimate of drug-likeness (QED) is 0.506. The van der Waals surface area contributed by atoms with E-state index >= 15 is 0 Å². The van der Waals surface area contributed by atoms with Gasteiger partial charge in [-0.15, -0.1) is 0 Å². The Hall–Kier alpha value is -2.49. The van der Waals surface area contributed by atoms with Gasteiger partial charge in [-0.05, 0) is 67.9 Å². The number of oxime groups is 1. The lowest BCUT2D eigenvalue weighted by Gasteiger charge is -2.10. The number of hydrogen-bond acceptors (Lipinski definition) is 4. The van der Waals surface area contributed by atoms with Gasteiger partial charge in [0.2, 0.25) is 0 Å². The third-order valence-electron chi connectivity index (χ3n) is 2.52. The summed E-state index contributed by atoms with van der Waals surface area (Å²) >= 11 is 0. The zero-order valence-electron chi connectivity index (χ0n) is 11.5. The summed E-state index contributed by atoms with van der Waals surface area (Å²) in [5.41, 5.74) is 0.806. The van der Waals surface area contributed by atoms with Crippen molar-refractivity contribution in [1.29, 1.82) is 0 Å². The van der Waals surface area contributed by atoms with Crippen molar-refractivity contribution in [2.75, 3.05) is 0 Å². The topological polar surface area (TPSA) is 51.0 Å². The van der Waals surface area contributed by atoms with E-state index in [9.17, 15) is 0 Å². The van der Waals surface area contributed by atoms with Gasteiger partial charge in [0.25, 0.3) is 0 Å². The molecule has 0 unspecified atom stereocenters. The molecule has 0 aliphatic heterocycles. The molecule has 0 radical (unpaired) electrons. The van der Waals surface area contributed by atoms with Gasteiger partial charge in [0.05, 0.1) is 12.3 Å². The van der Waals surface area contributed by atoms with Crippen LogP contribution in [0.2, 0.25) is 0 Å². The summed E-state index contributed by atoms with van der Waals surface area (Å²) in [6, 6.07) is 14.7. The second-order valence-corrected chi connectivity index (χ2v) is 4.55. The van der Waals surface area contributed by atoms with Crippen LogP contribution in [0.15, 0.2) is 53.7 Å². The molecule has 0 aromatic heterocycles. The summed E-state index contributed by atoms with van der Waals surface area (Å²) in [5, 5.41) is 11.4. The van der Waals surface area contributed by atoms with Gasteiger partial charge in [0, 0.05) is 0 Å². The van der Waals surface area contributed by atoms with E-state index in [-0.39, 0.29) is 6.10 Å². The second-order valence-electron chi connectivity index (χ2n) is 4.55. The SMILES string of the molecule is CC(C)Oc1ccc(Oc2ccc(C=NO)cc2)cc1. The predicted molar refractivity (Wildman–Crippen MR) is 78.1 cm³/mol. The number of benzene rings is 2. The van der Waals surface area contributed by atoms with E-state index in [0.29, 0.717) is 0 Å². The van der Waals surface area contributed by atoms with E-state index in [2.05, 4.69) is 5.16 Å². The van der Waals surface area contributed by atoms with E-state index in [1.54, 1.807) is 0 Å². The maximum atomic E-state index is 8.44. The molecule has 1 N–H and O–H groups in total. The van der Waals surface area contributed by atoms with E-state index < -0.39 is 0 Å². The summed E-state index contributed by atoms with van der Waals surface area (Å²) in [7, 11) is 0. The lowest BCUT2D eigenvalue weighted by molar-refractivity contribution is 0.242. The van der Waals surface area contributed by atoms with E-state index in [1.807, 2.05) is 62.4 Å². The highest BCUT2D eigenvalue weighted by Crippen LogP contribution is 2.24. The van der Waals surface area contributed by atoms with Crippen molar-refractivity contribution in [3.63, 3.8) is 0 Å². The molecule has 2 aromatic rings. The van der Waals surface area contributed by atoms with Crippen LogP contribution in [0.3, 0.4) is 0 Å². The van der Waals surface area contributed by atoms with Crippen LogP contribution in [0.5, 0.6) is 17.2 Å². The Morgan fingerprint density at radius 1 is 0.900 bits per heavy atom. The van der Waals surface area contributed by atoms with Crippen LogP contribution < -0.4 is 9.47 Å². The Labute approximate surface area is 118 Å². The zero-order chi connectivity index (χ0) is 14.4. The van der Waals surface area contributed by atoms with Crippen LogP contribution in [0.4, 0.5) is 0 Å². The van der Waals surface area contributed by atoms with Crippen LogP contribution in [0.25, 0.3) is 0 Å². The van der Waals surface area contributed by atoms with Crippen LogP contribution in [-0.2, 0) is 0 Å². The molecular weight excluding hydrogens is 254 g/mol. The Bertz CT molecular complexity index is 559. The molecule has 0 spiro atoms. The monoisotopic (exact) mass is 271 g/mol. The van der Waals surface area contributed by atoms with Crippen LogP contribution in [-0.4, -0.2) is 17.5 Å². The molecule has 0 saturated heterocycles. The summed E-state index contributed by atoms with van der Waals surface area (Å²) < 4.78 is 11.3. The fourth-order valence-corrected chi connectivity index (χ4v) is 1.68. The van der Waals surface area contributed by atoms with Gasteiger partial charge in [-0.25, -0.2) is 0 Å². The molecule has 0 heterocycles. The maximum Gasteiger partial charge on any atom is 0.127 e. The van der Waals surface area contributed by atoms with Crippen molar-refractivity contribution in [3.05, 3.63) is 54.1 Å². The fourth-order valence-electron chi connectivity index (χ4n) is 1.68. The molecule has 0 bridgehead atoms. The van der Waals surface area contributed by atoms with Crippen LogP contribution in [0, 0.1) is 0 Å². The normalized spacial score (nSPS) is 10.9. The molecule has 0 fully saturated rings. The number of hydrogen-bond donors (Lipinski definition) is 1. The fraction of sp³-hybridized carbons (Fsp3) is 0.188. The Morgan fingerprint density at radius 3 is 1.90 bits per heavy atom. The zero-order valence-corrected chi connectivity index (χ0v) is 11.5. The minimum absolute atomic E-state index is 0.155. The highest BCUT2D eigenvalue weighted by atomic mass is 16.5. The van der Waals surface area contributed by atoms with Crippen molar-refractivity contribution >= 4 is 6.21 Å². The molecule has 0 atom stereocenters. The molecule has 4 nitrogen and oxygen atoms in total. The Kier molecular flexibility index (Phi) is 4.60. The third kappa shape index (κ3) is 4.02. The molecule has 0 aliphatic carbocycles. The minimum Gasteiger partial charge on any atom is -0.491 e. The van der Waals surface area contributed by atoms with Crippen LogP contribution in [0.1, 0.15) is 19.4 Å². The molecule has 20 heavy (non-hydrogen) atoms. The molecule has 2 rings (SSSR count). The van der Waals surface area contributed by atoms with Gasteiger partial charge in [0.1, 0.15) is 17.2 Å². The average Bonchev–Trinajstić information content (AvgIpc) is 2.43. The average molecular weight is 271 g/mol.